The van der Waals surface area contributed by atoms with Gasteiger partial charge in [-0.1, -0.05) is 25.7 Å². The van der Waals surface area contributed by atoms with Gasteiger partial charge in [0.05, 0.1) is 0 Å². The van der Waals surface area contributed by atoms with Crippen LogP contribution in [0, 0.1) is 0 Å². The topological polar surface area (TPSA) is 61.0 Å². The van der Waals surface area contributed by atoms with E-state index in [0.29, 0.717) is 6.61 Å². The van der Waals surface area contributed by atoms with Gasteiger partial charge in [-0.25, -0.2) is 9.97 Å². The van der Waals surface area contributed by atoms with E-state index >= 15 is 0 Å². The van der Waals surface area contributed by atoms with Crippen LogP contribution in [0.1, 0.15) is 63.9 Å². The first-order valence-corrected chi connectivity index (χ1v) is 7.88. The molecule has 1 heterocycles. The van der Waals surface area contributed by atoms with Gasteiger partial charge in [0.1, 0.15) is 5.60 Å². The summed E-state index contributed by atoms with van der Waals surface area (Å²) in [4.78, 5) is 9.28. The number of ether oxygens (including phenoxy) is 1. The van der Waals surface area contributed by atoms with Crippen LogP contribution < -0.4 is 5.73 Å². The molecule has 0 spiro atoms. The van der Waals surface area contributed by atoms with Gasteiger partial charge >= 0.3 is 0 Å². The van der Waals surface area contributed by atoms with E-state index in [-0.39, 0.29) is 11.6 Å². The average Bonchev–Trinajstić information content (AvgIpc) is 2.65. The van der Waals surface area contributed by atoms with Gasteiger partial charge in [-0.05, 0) is 32.8 Å². The van der Waals surface area contributed by atoms with Gasteiger partial charge < -0.3 is 10.5 Å². The molecule has 112 valence electrons. The van der Waals surface area contributed by atoms with Crippen LogP contribution in [-0.2, 0) is 16.8 Å². The van der Waals surface area contributed by atoms with Gasteiger partial charge in [0.2, 0.25) is 0 Å². The first-order chi connectivity index (χ1) is 9.66. The molecule has 1 aliphatic carbocycles. The van der Waals surface area contributed by atoms with E-state index in [9.17, 15) is 0 Å². The standard InChI is InChI=1S/C16H27N3O/c1-3-20-16(9-6-4-5-7-10-16)15-18-11-8-14(19-15)12-13(2)17/h8,11,13H,3-7,9-10,12,17H2,1-2H3. The second kappa shape index (κ2) is 7.14. The molecule has 0 saturated heterocycles. The zero-order valence-corrected chi connectivity index (χ0v) is 12.8. The first kappa shape index (κ1) is 15.4. The van der Waals surface area contributed by atoms with E-state index in [2.05, 4.69) is 11.9 Å². The normalized spacial score (nSPS) is 20.4. The van der Waals surface area contributed by atoms with Crippen molar-refractivity contribution >= 4 is 0 Å². The SMILES string of the molecule is CCOC1(c2nccc(CC(C)N)n2)CCCCCC1. The molecule has 4 heteroatoms. The molecule has 1 aromatic rings. The van der Waals surface area contributed by atoms with Crippen LogP contribution in [0.2, 0.25) is 0 Å². The van der Waals surface area contributed by atoms with E-state index in [1.807, 2.05) is 19.2 Å². The molecule has 1 atom stereocenters. The number of nitrogens with zero attached hydrogens (tertiary/aromatic N) is 2. The number of hydrogen-bond acceptors (Lipinski definition) is 4. The zero-order valence-electron chi connectivity index (χ0n) is 12.8. The van der Waals surface area contributed by atoms with Crippen molar-refractivity contribution in [3.8, 4) is 0 Å². The lowest BCUT2D eigenvalue weighted by molar-refractivity contribution is -0.0625. The maximum atomic E-state index is 6.14. The zero-order chi connectivity index (χ0) is 14.4. The second-order valence-corrected chi connectivity index (χ2v) is 5.89. The summed E-state index contributed by atoms with van der Waals surface area (Å²) in [6.45, 7) is 4.77. The lowest BCUT2D eigenvalue weighted by Gasteiger charge is -2.31. The second-order valence-electron chi connectivity index (χ2n) is 5.89. The summed E-state index contributed by atoms with van der Waals surface area (Å²) in [7, 11) is 0. The largest absolute Gasteiger partial charge is 0.367 e. The smallest absolute Gasteiger partial charge is 0.160 e. The van der Waals surface area contributed by atoms with E-state index < -0.39 is 0 Å². The summed E-state index contributed by atoms with van der Waals surface area (Å²) in [5.74, 6) is 0.861. The average molecular weight is 277 g/mol. The van der Waals surface area contributed by atoms with Crippen molar-refractivity contribution in [2.24, 2.45) is 5.73 Å². The highest BCUT2D eigenvalue weighted by atomic mass is 16.5. The molecule has 0 aromatic carbocycles. The van der Waals surface area contributed by atoms with Gasteiger partial charge in [0, 0.05) is 31.0 Å². The van der Waals surface area contributed by atoms with Crippen molar-refractivity contribution in [2.45, 2.75) is 70.4 Å². The first-order valence-electron chi connectivity index (χ1n) is 7.88. The van der Waals surface area contributed by atoms with Crippen LogP contribution in [0.4, 0.5) is 0 Å². The molecule has 1 unspecified atom stereocenters. The van der Waals surface area contributed by atoms with Crippen molar-refractivity contribution in [1.29, 1.82) is 0 Å². The Labute approximate surface area is 122 Å². The lowest BCUT2D eigenvalue weighted by atomic mass is 9.92. The highest BCUT2D eigenvalue weighted by molar-refractivity contribution is 5.10. The Morgan fingerprint density at radius 2 is 2.00 bits per heavy atom. The third-order valence-electron chi connectivity index (χ3n) is 3.98. The molecule has 1 fully saturated rings. The molecule has 1 aromatic heterocycles. The third-order valence-corrected chi connectivity index (χ3v) is 3.98. The van der Waals surface area contributed by atoms with Crippen molar-refractivity contribution in [1.82, 2.24) is 9.97 Å². The fraction of sp³-hybridized carbons (Fsp3) is 0.750. The Morgan fingerprint density at radius 1 is 1.30 bits per heavy atom. The van der Waals surface area contributed by atoms with Crippen LogP contribution >= 0.6 is 0 Å². The maximum absolute atomic E-state index is 6.14. The molecule has 4 nitrogen and oxygen atoms in total. The monoisotopic (exact) mass is 277 g/mol. The van der Waals surface area contributed by atoms with E-state index in [4.69, 9.17) is 15.5 Å². The molecular weight excluding hydrogens is 250 g/mol. The van der Waals surface area contributed by atoms with E-state index in [1.54, 1.807) is 0 Å². The van der Waals surface area contributed by atoms with Gasteiger partial charge in [0.25, 0.3) is 0 Å². The van der Waals surface area contributed by atoms with Crippen molar-refractivity contribution < 1.29 is 4.74 Å². The fourth-order valence-electron chi connectivity index (χ4n) is 3.07. The minimum atomic E-state index is -0.279. The Bertz CT molecular complexity index is 412. The van der Waals surface area contributed by atoms with Crippen molar-refractivity contribution in [2.75, 3.05) is 6.61 Å². The molecule has 1 aliphatic rings. The molecule has 1 saturated carbocycles. The minimum Gasteiger partial charge on any atom is -0.367 e. The predicted molar refractivity (Wildman–Crippen MR) is 80.4 cm³/mol. The van der Waals surface area contributed by atoms with E-state index in [0.717, 1.165) is 30.8 Å². The Balaban J connectivity index is 2.27. The van der Waals surface area contributed by atoms with Gasteiger partial charge in [-0.3, -0.25) is 0 Å². The molecule has 0 aliphatic heterocycles. The molecular formula is C16H27N3O. The van der Waals surface area contributed by atoms with Gasteiger partial charge in [-0.2, -0.15) is 0 Å². The number of rotatable bonds is 5. The quantitative estimate of drug-likeness (QED) is 0.841. The van der Waals surface area contributed by atoms with Crippen LogP contribution in [0.15, 0.2) is 12.3 Å². The highest BCUT2D eigenvalue weighted by Gasteiger charge is 2.36. The van der Waals surface area contributed by atoms with Crippen LogP contribution in [-0.4, -0.2) is 22.6 Å². The summed E-state index contributed by atoms with van der Waals surface area (Å²) in [5.41, 5.74) is 6.62. The Kier molecular flexibility index (Phi) is 5.49. The van der Waals surface area contributed by atoms with Crippen LogP contribution in [0.25, 0.3) is 0 Å². The predicted octanol–water partition coefficient (Wildman–Crippen LogP) is 2.95. The number of hydrogen-bond donors (Lipinski definition) is 1. The fourth-order valence-corrected chi connectivity index (χ4v) is 3.07. The highest BCUT2D eigenvalue weighted by Crippen LogP contribution is 2.37. The number of aromatic nitrogens is 2. The molecule has 2 rings (SSSR count). The number of nitrogens with two attached hydrogens (primary N) is 1. The molecule has 0 radical (unpaired) electrons. The Morgan fingerprint density at radius 3 is 2.60 bits per heavy atom. The minimum absolute atomic E-state index is 0.120. The lowest BCUT2D eigenvalue weighted by Crippen LogP contribution is -2.32. The Hall–Kier alpha value is -1.00. The molecule has 2 N–H and O–H groups in total. The molecule has 0 amide bonds. The summed E-state index contributed by atoms with van der Waals surface area (Å²) in [6.07, 6.45) is 9.67. The molecule has 0 bridgehead atoms. The summed E-state index contributed by atoms with van der Waals surface area (Å²) < 4.78 is 6.14. The molecule has 20 heavy (non-hydrogen) atoms. The van der Waals surface area contributed by atoms with Gasteiger partial charge in [0.15, 0.2) is 5.82 Å². The van der Waals surface area contributed by atoms with E-state index in [1.165, 1.54) is 25.7 Å². The van der Waals surface area contributed by atoms with Crippen molar-refractivity contribution in [3.05, 3.63) is 23.8 Å². The summed E-state index contributed by atoms with van der Waals surface area (Å²) >= 11 is 0. The summed E-state index contributed by atoms with van der Waals surface area (Å²) in [6, 6.07) is 2.08. The van der Waals surface area contributed by atoms with Crippen LogP contribution in [0.5, 0.6) is 0 Å². The maximum Gasteiger partial charge on any atom is 0.160 e. The van der Waals surface area contributed by atoms with Crippen molar-refractivity contribution in [3.63, 3.8) is 0 Å². The third kappa shape index (κ3) is 3.76. The van der Waals surface area contributed by atoms with Gasteiger partial charge in [-0.15, -0.1) is 0 Å². The summed E-state index contributed by atoms with van der Waals surface area (Å²) in [5, 5.41) is 0. The van der Waals surface area contributed by atoms with Crippen LogP contribution in [0.3, 0.4) is 0 Å².